The van der Waals surface area contributed by atoms with Gasteiger partial charge in [-0.1, -0.05) is 48.5 Å². The highest BCUT2D eigenvalue weighted by atomic mass is 35.5. The van der Waals surface area contributed by atoms with Crippen molar-refractivity contribution in [2.45, 2.75) is 0 Å². The summed E-state index contributed by atoms with van der Waals surface area (Å²) in [4.78, 5) is 10.7. The summed E-state index contributed by atoms with van der Waals surface area (Å²) < 4.78 is 0. The van der Waals surface area contributed by atoms with Gasteiger partial charge in [-0.15, -0.1) is 0 Å². The molecule has 5 heteroatoms. The van der Waals surface area contributed by atoms with Gasteiger partial charge in [0, 0.05) is 39.9 Å². The third-order valence-corrected chi connectivity index (χ3v) is 4.41. The minimum Gasteiger partial charge on any atom is -0.314 e. The molecule has 0 amide bonds. The molecule has 3 aromatic rings. The maximum Gasteiger partial charge on any atom is 0.230 e. The van der Waals surface area contributed by atoms with E-state index in [1.807, 2.05) is 43.4 Å². The number of benzene rings is 2. The molecule has 0 aliphatic heterocycles. The van der Waals surface area contributed by atoms with Crippen LogP contribution in [0.3, 0.4) is 0 Å². The predicted octanol–water partition coefficient (Wildman–Crippen LogP) is 5.74. The Morgan fingerprint density at radius 1 is 1.17 bits per heavy atom. The van der Waals surface area contributed by atoms with Crippen LogP contribution in [0.4, 0.5) is 5.95 Å². The first-order valence-corrected chi connectivity index (χ1v) is 8.03. The zero-order valence-corrected chi connectivity index (χ0v) is 14.6. The van der Waals surface area contributed by atoms with Gasteiger partial charge in [-0.05, 0) is 35.9 Å². The molecule has 0 saturated heterocycles. The topological polar surface area (TPSA) is 29.0 Å². The van der Waals surface area contributed by atoms with E-state index in [9.17, 15) is 0 Å². The lowest BCUT2D eigenvalue weighted by Gasteiger charge is -2.17. The Kier molecular flexibility index (Phi) is 4.56. The number of rotatable bonds is 4. The summed E-state index contributed by atoms with van der Waals surface area (Å²) in [5, 5.41) is 2.13. The van der Waals surface area contributed by atoms with Gasteiger partial charge in [0.25, 0.3) is 0 Å². The van der Waals surface area contributed by atoms with E-state index in [1.54, 1.807) is 17.2 Å². The molecule has 1 heterocycles. The van der Waals surface area contributed by atoms with Gasteiger partial charge < -0.3 is 4.90 Å². The van der Waals surface area contributed by atoms with E-state index in [4.69, 9.17) is 23.2 Å². The van der Waals surface area contributed by atoms with Crippen molar-refractivity contribution < 1.29 is 0 Å². The van der Waals surface area contributed by atoms with Crippen LogP contribution >= 0.6 is 23.2 Å². The molecule has 1 aromatic heterocycles. The first kappa shape index (κ1) is 16.5. The van der Waals surface area contributed by atoms with Crippen molar-refractivity contribution in [3.8, 4) is 11.1 Å². The van der Waals surface area contributed by atoms with E-state index in [0.717, 1.165) is 27.7 Å². The number of hydrogen-bond acceptors (Lipinski definition) is 3. The van der Waals surface area contributed by atoms with Gasteiger partial charge >= 0.3 is 0 Å². The third kappa shape index (κ3) is 3.01. The molecule has 0 fully saturated rings. The number of hydrogen-bond donors (Lipinski definition) is 0. The number of halogens is 2. The average Bonchev–Trinajstić information content (AvgIpc) is 2.59. The monoisotopic (exact) mass is 355 g/mol. The second-order valence-electron chi connectivity index (χ2n) is 5.29. The van der Waals surface area contributed by atoms with E-state index in [1.165, 1.54) is 0 Å². The van der Waals surface area contributed by atoms with Crippen LogP contribution in [0.15, 0.2) is 67.5 Å². The standard InChI is InChI=1S/C19H15Cl2N3/c1-4-12(2)24(3)19-22-11-14-10-13(8-9-17(14)23-19)18-15(20)6-5-7-16(18)21/h4-11H,1-2H2,3H3. The summed E-state index contributed by atoms with van der Waals surface area (Å²) in [6.07, 6.45) is 3.44. The van der Waals surface area contributed by atoms with Gasteiger partial charge in [0.2, 0.25) is 5.95 Å². The summed E-state index contributed by atoms with van der Waals surface area (Å²) in [7, 11) is 1.85. The van der Waals surface area contributed by atoms with Crippen molar-refractivity contribution in [2.24, 2.45) is 0 Å². The Morgan fingerprint density at radius 3 is 2.54 bits per heavy atom. The molecule has 0 spiro atoms. The zero-order valence-electron chi connectivity index (χ0n) is 13.1. The quantitative estimate of drug-likeness (QED) is 0.558. The Hall–Kier alpha value is -2.36. The maximum atomic E-state index is 6.29. The maximum absolute atomic E-state index is 6.29. The van der Waals surface area contributed by atoms with Crippen molar-refractivity contribution >= 4 is 40.1 Å². The summed E-state index contributed by atoms with van der Waals surface area (Å²) in [6.45, 7) is 7.61. The van der Waals surface area contributed by atoms with E-state index in [-0.39, 0.29) is 0 Å². The zero-order chi connectivity index (χ0) is 17.3. The van der Waals surface area contributed by atoms with Crippen LogP contribution in [0.2, 0.25) is 10.0 Å². The van der Waals surface area contributed by atoms with Gasteiger partial charge in [-0.2, -0.15) is 0 Å². The molecule has 0 atom stereocenters. The number of allylic oxidation sites excluding steroid dienone is 1. The van der Waals surface area contributed by atoms with Crippen LogP contribution in [0.5, 0.6) is 0 Å². The van der Waals surface area contributed by atoms with Crippen molar-refractivity contribution in [1.29, 1.82) is 0 Å². The van der Waals surface area contributed by atoms with Gasteiger partial charge in [-0.3, -0.25) is 0 Å². The fourth-order valence-electron chi connectivity index (χ4n) is 2.38. The largest absolute Gasteiger partial charge is 0.314 e. The molecular formula is C19H15Cl2N3. The fraction of sp³-hybridized carbons (Fsp3) is 0.0526. The normalized spacial score (nSPS) is 10.6. The van der Waals surface area contributed by atoms with Crippen molar-refractivity contribution in [3.05, 3.63) is 77.6 Å². The number of aromatic nitrogens is 2. The lowest BCUT2D eigenvalue weighted by Crippen LogP contribution is -2.16. The van der Waals surface area contributed by atoms with Gasteiger partial charge in [0.15, 0.2) is 0 Å². The van der Waals surface area contributed by atoms with Gasteiger partial charge in [0.1, 0.15) is 0 Å². The van der Waals surface area contributed by atoms with E-state index >= 15 is 0 Å². The molecule has 0 radical (unpaired) electrons. The van der Waals surface area contributed by atoms with Crippen LogP contribution in [0.1, 0.15) is 0 Å². The first-order valence-electron chi connectivity index (χ1n) is 7.27. The predicted molar refractivity (Wildman–Crippen MR) is 103 cm³/mol. The lowest BCUT2D eigenvalue weighted by atomic mass is 10.0. The second-order valence-corrected chi connectivity index (χ2v) is 6.11. The molecule has 0 saturated carbocycles. The summed E-state index contributed by atoms with van der Waals surface area (Å²) in [6, 6.07) is 11.3. The highest BCUT2D eigenvalue weighted by Gasteiger charge is 2.11. The number of nitrogens with zero attached hydrogens (tertiary/aromatic N) is 3. The second kappa shape index (κ2) is 6.63. The van der Waals surface area contributed by atoms with E-state index in [0.29, 0.717) is 16.0 Å². The smallest absolute Gasteiger partial charge is 0.230 e. The Labute approximate surface area is 150 Å². The number of anilines is 1. The Balaban J connectivity index is 2.07. The average molecular weight is 356 g/mol. The molecule has 0 unspecified atom stereocenters. The third-order valence-electron chi connectivity index (χ3n) is 3.78. The van der Waals surface area contributed by atoms with Crippen LogP contribution < -0.4 is 4.90 Å². The molecule has 120 valence electrons. The van der Waals surface area contributed by atoms with Crippen molar-refractivity contribution in [3.63, 3.8) is 0 Å². The fourth-order valence-corrected chi connectivity index (χ4v) is 3.00. The molecule has 0 N–H and O–H groups in total. The highest BCUT2D eigenvalue weighted by Crippen LogP contribution is 2.35. The molecule has 0 bridgehead atoms. The summed E-state index contributed by atoms with van der Waals surface area (Å²) in [5.74, 6) is 0.566. The van der Waals surface area contributed by atoms with Crippen LogP contribution in [-0.4, -0.2) is 17.0 Å². The molecule has 0 aliphatic rings. The van der Waals surface area contributed by atoms with Gasteiger partial charge in [-0.25, -0.2) is 9.97 Å². The van der Waals surface area contributed by atoms with Gasteiger partial charge in [0.05, 0.1) is 5.52 Å². The number of fused-ring (bicyclic) bond motifs is 1. The molecule has 2 aromatic carbocycles. The first-order chi connectivity index (χ1) is 11.5. The molecule has 3 nitrogen and oxygen atoms in total. The molecule has 0 aliphatic carbocycles. The number of likely N-dealkylation sites (N-methyl/N-ethyl adjacent to an activating group) is 1. The molecule has 24 heavy (non-hydrogen) atoms. The minimum atomic E-state index is 0.566. The van der Waals surface area contributed by atoms with Crippen LogP contribution in [0.25, 0.3) is 22.0 Å². The van der Waals surface area contributed by atoms with Crippen LogP contribution in [0, 0.1) is 0 Å². The van der Waals surface area contributed by atoms with E-state index in [2.05, 4.69) is 23.1 Å². The van der Waals surface area contributed by atoms with E-state index < -0.39 is 0 Å². The Morgan fingerprint density at radius 2 is 1.88 bits per heavy atom. The SMILES string of the molecule is C=CC(=C)N(C)c1ncc2cc(-c3c(Cl)cccc3Cl)ccc2n1. The van der Waals surface area contributed by atoms with Crippen LogP contribution in [-0.2, 0) is 0 Å². The molecular weight excluding hydrogens is 341 g/mol. The lowest BCUT2D eigenvalue weighted by molar-refractivity contribution is 1.03. The molecule has 3 rings (SSSR count). The highest BCUT2D eigenvalue weighted by molar-refractivity contribution is 6.39. The summed E-state index contributed by atoms with van der Waals surface area (Å²) in [5.41, 5.74) is 3.30. The van der Waals surface area contributed by atoms with Crippen molar-refractivity contribution in [1.82, 2.24) is 9.97 Å². The Bertz CT molecular complexity index is 930. The minimum absolute atomic E-state index is 0.566. The van der Waals surface area contributed by atoms with Crippen molar-refractivity contribution in [2.75, 3.05) is 11.9 Å². The summed E-state index contributed by atoms with van der Waals surface area (Å²) >= 11 is 12.6.